The number of benzene rings is 1. The largest absolute Gasteiger partial charge is 0.417 e. The van der Waals surface area contributed by atoms with E-state index in [1.807, 2.05) is 16.7 Å². The smallest absolute Gasteiger partial charge is 0.371 e. The fraction of sp³-hybridized carbons (Fsp3) is 0.462. The van der Waals surface area contributed by atoms with Crippen molar-refractivity contribution >= 4 is 17.4 Å². The number of alkyl halides is 3. The van der Waals surface area contributed by atoms with Crippen LogP contribution in [-0.4, -0.2) is 24.6 Å². The van der Waals surface area contributed by atoms with Crippen LogP contribution >= 0.6 is 11.8 Å². The molecule has 0 atom stereocenters. The Labute approximate surface area is 114 Å². The summed E-state index contributed by atoms with van der Waals surface area (Å²) in [5.41, 5.74) is -0.461. The van der Waals surface area contributed by atoms with Gasteiger partial charge in [0.15, 0.2) is 0 Å². The van der Waals surface area contributed by atoms with Crippen LogP contribution in [0.15, 0.2) is 18.2 Å². The molecule has 0 bridgehead atoms. The molecule has 0 unspecified atom stereocenters. The summed E-state index contributed by atoms with van der Waals surface area (Å²) in [5.74, 6) is 2.03. The second kappa shape index (κ2) is 5.74. The molecule has 1 fully saturated rings. The average molecular weight is 286 g/mol. The highest BCUT2D eigenvalue weighted by Gasteiger charge is 2.33. The molecule has 0 N–H and O–H groups in total. The number of hydrogen-bond acceptors (Lipinski definition) is 3. The Bertz CT molecular complexity index is 486. The van der Waals surface area contributed by atoms with Crippen LogP contribution in [0, 0.1) is 11.3 Å². The summed E-state index contributed by atoms with van der Waals surface area (Å²) in [5, 5.41) is 8.89. The Morgan fingerprint density at radius 2 is 2.00 bits per heavy atom. The fourth-order valence-electron chi connectivity index (χ4n) is 2.07. The lowest BCUT2D eigenvalue weighted by Gasteiger charge is -2.23. The van der Waals surface area contributed by atoms with Crippen LogP contribution in [0.5, 0.6) is 0 Å². The second-order valence-electron chi connectivity index (χ2n) is 4.29. The maximum Gasteiger partial charge on any atom is 0.417 e. The van der Waals surface area contributed by atoms with Crippen LogP contribution in [0.1, 0.15) is 17.5 Å². The Balaban J connectivity index is 2.31. The van der Waals surface area contributed by atoms with Gasteiger partial charge in [-0.1, -0.05) is 0 Å². The molecule has 2 rings (SSSR count). The van der Waals surface area contributed by atoms with E-state index in [2.05, 4.69) is 0 Å². The summed E-state index contributed by atoms with van der Waals surface area (Å²) in [4.78, 5) is 2.04. The number of nitrogens with zero attached hydrogens (tertiary/aromatic N) is 2. The Morgan fingerprint density at radius 1 is 1.21 bits per heavy atom. The summed E-state index contributed by atoms with van der Waals surface area (Å²) < 4.78 is 38.1. The third kappa shape index (κ3) is 3.35. The zero-order chi connectivity index (χ0) is 13.9. The molecule has 102 valence electrons. The molecule has 19 heavy (non-hydrogen) atoms. The SMILES string of the molecule is N#Cc1cc(N2CCCSCC2)ccc1C(F)(F)F. The molecule has 1 aliphatic rings. The molecule has 0 spiro atoms. The van der Waals surface area contributed by atoms with Crippen LogP contribution in [0.3, 0.4) is 0 Å². The molecule has 0 radical (unpaired) electrons. The van der Waals surface area contributed by atoms with E-state index in [0.29, 0.717) is 5.69 Å². The quantitative estimate of drug-likeness (QED) is 0.790. The van der Waals surface area contributed by atoms with Gasteiger partial charge in [0.1, 0.15) is 0 Å². The Hall–Kier alpha value is -1.35. The fourth-order valence-corrected chi connectivity index (χ4v) is 2.96. The van der Waals surface area contributed by atoms with Crippen molar-refractivity contribution in [1.29, 1.82) is 5.26 Å². The summed E-state index contributed by atoms with van der Waals surface area (Å²) in [6.45, 7) is 1.63. The van der Waals surface area contributed by atoms with E-state index >= 15 is 0 Å². The van der Waals surface area contributed by atoms with E-state index in [4.69, 9.17) is 5.26 Å². The van der Waals surface area contributed by atoms with Crippen LogP contribution in [-0.2, 0) is 6.18 Å². The molecule has 2 nitrogen and oxygen atoms in total. The highest BCUT2D eigenvalue weighted by atomic mass is 32.2. The molecular formula is C13H13F3N2S. The third-order valence-corrected chi connectivity index (χ3v) is 4.06. The predicted octanol–water partition coefficient (Wildman–Crippen LogP) is 3.52. The average Bonchev–Trinajstić information content (AvgIpc) is 2.65. The predicted molar refractivity (Wildman–Crippen MR) is 70.3 cm³/mol. The summed E-state index contributed by atoms with van der Waals surface area (Å²) in [6, 6.07) is 5.46. The van der Waals surface area contributed by atoms with Gasteiger partial charge in [-0.05, 0) is 30.4 Å². The van der Waals surface area contributed by atoms with Crippen LogP contribution in [0.25, 0.3) is 0 Å². The van der Waals surface area contributed by atoms with E-state index < -0.39 is 11.7 Å². The minimum atomic E-state index is -4.47. The van der Waals surface area contributed by atoms with Crippen molar-refractivity contribution in [3.05, 3.63) is 29.3 Å². The van der Waals surface area contributed by atoms with Crippen molar-refractivity contribution in [3.8, 4) is 6.07 Å². The molecule has 1 aromatic rings. The summed E-state index contributed by atoms with van der Waals surface area (Å²) in [6.07, 6.45) is -3.47. The molecular weight excluding hydrogens is 273 g/mol. The molecule has 1 aromatic carbocycles. The molecule has 1 saturated heterocycles. The van der Waals surface area contributed by atoms with Gasteiger partial charge in [-0.15, -0.1) is 0 Å². The van der Waals surface area contributed by atoms with E-state index in [1.54, 1.807) is 6.07 Å². The van der Waals surface area contributed by atoms with Gasteiger partial charge >= 0.3 is 6.18 Å². The highest BCUT2D eigenvalue weighted by molar-refractivity contribution is 7.99. The molecule has 0 aromatic heterocycles. The minimum absolute atomic E-state index is 0.304. The lowest BCUT2D eigenvalue weighted by Crippen LogP contribution is -2.25. The van der Waals surface area contributed by atoms with Gasteiger partial charge in [0, 0.05) is 24.5 Å². The maximum atomic E-state index is 12.7. The number of rotatable bonds is 1. The van der Waals surface area contributed by atoms with Crippen molar-refractivity contribution in [1.82, 2.24) is 0 Å². The number of nitriles is 1. The normalized spacial score (nSPS) is 16.8. The van der Waals surface area contributed by atoms with Gasteiger partial charge in [-0.2, -0.15) is 30.2 Å². The Kier molecular flexibility index (Phi) is 4.25. The third-order valence-electron chi connectivity index (χ3n) is 3.02. The van der Waals surface area contributed by atoms with E-state index in [9.17, 15) is 13.2 Å². The van der Waals surface area contributed by atoms with Crippen molar-refractivity contribution in [2.24, 2.45) is 0 Å². The lowest BCUT2D eigenvalue weighted by atomic mass is 10.1. The molecule has 1 heterocycles. The second-order valence-corrected chi connectivity index (χ2v) is 5.52. The monoisotopic (exact) mass is 286 g/mol. The lowest BCUT2D eigenvalue weighted by molar-refractivity contribution is -0.137. The minimum Gasteiger partial charge on any atom is -0.371 e. The van der Waals surface area contributed by atoms with Crippen molar-refractivity contribution < 1.29 is 13.2 Å². The van der Waals surface area contributed by atoms with E-state index in [-0.39, 0.29) is 5.56 Å². The van der Waals surface area contributed by atoms with Crippen LogP contribution in [0.2, 0.25) is 0 Å². The van der Waals surface area contributed by atoms with Crippen LogP contribution < -0.4 is 4.90 Å². The molecule has 0 aliphatic carbocycles. The zero-order valence-corrected chi connectivity index (χ0v) is 11.0. The first kappa shape index (κ1) is 14.1. The van der Waals surface area contributed by atoms with Gasteiger partial charge in [0.05, 0.1) is 17.2 Å². The van der Waals surface area contributed by atoms with Gasteiger partial charge in [0.25, 0.3) is 0 Å². The van der Waals surface area contributed by atoms with Crippen molar-refractivity contribution in [3.63, 3.8) is 0 Å². The van der Waals surface area contributed by atoms with Crippen molar-refractivity contribution in [2.75, 3.05) is 29.5 Å². The van der Waals surface area contributed by atoms with Crippen molar-refractivity contribution in [2.45, 2.75) is 12.6 Å². The standard InChI is InChI=1S/C13H13F3N2S/c14-13(15,16)12-3-2-11(8-10(12)9-17)18-4-1-6-19-7-5-18/h2-3,8H,1,4-7H2. The summed E-state index contributed by atoms with van der Waals surface area (Å²) in [7, 11) is 0. The maximum absolute atomic E-state index is 12.7. The number of halogens is 3. The molecule has 0 saturated carbocycles. The first-order valence-electron chi connectivity index (χ1n) is 5.96. The number of hydrogen-bond donors (Lipinski definition) is 0. The first-order chi connectivity index (χ1) is 9.02. The molecule has 6 heteroatoms. The van der Waals surface area contributed by atoms with Gasteiger partial charge < -0.3 is 4.90 Å². The highest BCUT2D eigenvalue weighted by Crippen LogP contribution is 2.34. The molecule has 1 aliphatic heterocycles. The van der Waals surface area contributed by atoms with Gasteiger partial charge in [0.2, 0.25) is 0 Å². The first-order valence-corrected chi connectivity index (χ1v) is 7.12. The topological polar surface area (TPSA) is 27.0 Å². The van der Waals surface area contributed by atoms with E-state index in [0.717, 1.165) is 37.1 Å². The number of thioether (sulfide) groups is 1. The zero-order valence-electron chi connectivity index (χ0n) is 10.2. The van der Waals surface area contributed by atoms with E-state index in [1.165, 1.54) is 12.1 Å². The molecule has 0 amide bonds. The summed E-state index contributed by atoms with van der Waals surface area (Å²) >= 11 is 1.84. The van der Waals surface area contributed by atoms with Gasteiger partial charge in [-0.3, -0.25) is 0 Å². The van der Waals surface area contributed by atoms with Crippen LogP contribution in [0.4, 0.5) is 18.9 Å². The number of anilines is 1. The van der Waals surface area contributed by atoms with Gasteiger partial charge in [-0.25, -0.2) is 0 Å². The Morgan fingerprint density at radius 3 is 2.68 bits per heavy atom.